The number of carbonyl (C=O) groups is 2. The first kappa shape index (κ1) is 13.0. The highest BCUT2D eigenvalue weighted by Gasteiger charge is 2.37. The summed E-state index contributed by atoms with van der Waals surface area (Å²) in [6, 6.07) is 0. The average Bonchev–Trinajstić information content (AvgIpc) is 2.16. The van der Waals surface area contributed by atoms with Crippen LogP contribution in [-0.2, 0) is 9.59 Å². The van der Waals surface area contributed by atoms with E-state index in [1.807, 2.05) is 13.8 Å². The van der Waals surface area contributed by atoms with Gasteiger partial charge in [-0.2, -0.15) is 0 Å². The molecular weight excluding hydrogens is 208 g/mol. The fourth-order valence-corrected chi connectivity index (χ4v) is 2.91. The molecular formula is C12H20O4. The highest BCUT2D eigenvalue weighted by molar-refractivity contribution is 5.68. The summed E-state index contributed by atoms with van der Waals surface area (Å²) >= 11 is 0. The van der Waals surface area contributed by atoms with Crippen molar-refractivity contribution in [1.82, 2.24) is 0 Å². The topological polar surface area (TPSA) is 74.6 Å². The average molecular weight is 228 g/mol. The summed E-state index contributed by atoms with van der Waals surface area (Å²) in [6.07, 6.45) is 2.22. The molecule has 0 amide bonds. The highest BCUT2D eigenvalue weighted by Crippen LogP contribution is 2.42. The quantitative estimate of drug-likeness (QED) is 0.773. The molecule has 0 heterocycles. The second-order valence-electron chi connectivity index (χ2n) is 5.06. The zero-order valence-electron chi connectivity index (χ0n) is 9.85. The van der Waals surface area contributed by atoms with Crippen LogP contribution in [0.2, 0.25) is 0 Å². The van der Waals surface area contributed by atoms with Crippen LogP contribution in [0.4, 0.5) is 0 Å². The molecule has 0 bridgehead atoms. The number of hydrogen-bond acceptors (Lipinski definition) is 2. The zero-order valence-corrected chi connectivity index (χ0v) is 9.85. The standard InChI is InChI=1S/C12H20O4/c1-7-3-4-8(2)10(6-12(15)16)9(7)5-11(13)14/h7-10H,3-6H2,1-2H3,(H,13,14)(H,15,16). The summed E-state index contributed by atoms with van der Waals surface area (Å²) in [5, 5.41) is 17.7. The highest BCUT2D eigenvalue weighted by atomic mass is 16.4. The van der Waals surface area contributed by atoms with Crippen molar-refractivity contribution >= 4 is 11.9 Å². The Morgan fingerprint density at radius 1 is 0.938 bits per heavy atom. The molecule has 1 aliphatic rings. The van der Waals surface area contributed by atoms with Gasteiger partial charge in [0.05, 0.1) is 0 Å². The lowest BCUT2D eigenvalue weighted by Gasteiger charge is -2.39. The monoisotopic (exact) mass is 228 g/mol. The Balaban J connectivity index is 2.76. The first-order valence-corrected chi connectivity index (χ1v) is 5.85. The molecule has 1 aliphatic carbocycles. The van der Waals surface area contributed by atoms with Gasteiger partial charge < -0.3 is 10.2 Å². The first-order chi connectivity index (χ1) is 7.41. The number of hydrogen-bond donors (Lipinski definition) is 2. The van der Waals surface area contributed by atoms with Crippen molar-refractivity contribution in [1.29, 1.82) is 0 Å². The summed E-state index contributed by atoms with van der Waals surface area (Å²) in [7, 11) is 0. The van der Waals surface area contributed by atoms with Gasteiger partial charge in [-0.25, -0.2) is 0 Å². The fraction of sp³-hybridized carbons (Fsp3) is 0.833. The predicted octanol–water partition coefficient (Wildman–Crippen LogP) is 2.23. The zero-order chi connectivity index (χ0) is 12.3. The number of aliphatic carboxylic acids is 2. The van der Waals surface area contributed by atoms with Crippen molar-refractivity contribution in [2.24, 2.45) is 23.7 Å². The van der Waals surface area contributed by atoms with E-state index in [1.165, 1.54) is 0 Å². The van der Waals surface area contributed by atoms with Crippen LogP contribution >= 0.6 is 0 Å². The summed E-state index contributed by atoms with van der Waals surface area (Å²) < 4.78 is 0. The minimum absolute atomic E-state index is 0.0114. The number of carboxylic acid groups (broad SMARTS) is 2. The molecule has 2 N–H and O–H groups in total. The molecule has 4 heteroatoms. The normalized spacial score (nSPS) is 34.6. The van der Waals surface area contributed by atoms with Gasteiger partial charge in [-0.15, -0.1) is 0 Å². The fourth-order valence-electron chi connectivity index (χ4n) is 2.91. The Kier molecular flexibility index (Phi) is 4.33. The minimum Gasteiger partial charge on any atom is -0.481 e. The van der Waals surface area contributed by atoms with E-state index in [1.54, 1.807) is 0 Å². The van der Waals surface area contributed by atoms with Crippen LogP contribution < -0.4 is 0 Å². The van der Waals surface area contributed by atoms with Crippen LogP contribution in [0.15, 0.2) is 0 Å². The van der Waals surface area contributed by atoms with Crippen molar-refractivity contribution in [3.63, 3.8) is 0 Å². The Bertz CT molecular complexity index is 246. The van der Waals surface area contributed by atoms with Crippen molar-refractivity contribution < 1.29 is 19.8 Å². The maximum Gasteiger partial charge on any atom is 0.303 e. The Morgan fingerprint density at radius 3 is 1.50 bits per heavy atom. The van der Waals surface area contributed by atoms with Crippen molar-refractivity contribution in [3.05, 3.63) is 0 Å². The van der Waals surface area contributed by atoms with Crippen LogP contribution in [0.3, 0.4) is 0 Å². The molecule has 4 nitrogen and oxygen atoms in total. The van der Waals surface area contributed by atoms with Crippen molar-refractivity contribution in [2.75, 3.05) is 0 Å². The largest absolute Gasteiger partial charge is 0.481 e. The van der Waals surface area contributed by atoms with E-state index in [9.17, 15) is 9.59 Å². The Morgan fingerprint density at radius 2 is 1.25 bits per heavy atom. The lowest BCUT2D eigenvalue weighted by Crippen LogP contribution is -2.35. The van der Waals surface area contributed by atoms with Gasteiger partial charge in [-0.3, -0.25) is 9.59 Å². The van der Waals surface area contributed by atoms with Crippen molar-refractivity contribution in [3.8, 4) is 0 Å². The summed E-state index contributed by atoms with van der Waals surface area (Å²) in [5.74, 6) is -0.981. The summed E-state index contributed by atoms with van der Waals surface area (Å²) in [6.45, 7) is 4.07. The van der Waals surface area contributed by atoms with Crippen LogP contribution in [0.25, 0.3) is 0 Å². The van der Waals surface area contributed by atoms with E-state index in [4.69, 9.17) is 10.2 Å². The molecule has 1 saturated carbocycles. The Labute approximate surface area is 95.7 Å². The number of rotatable bonds is 4. The smallest absolute Gasteiger partial charge is 0.303 e. The van der Waals surface area contributed by atoms with Gasteiger partial charge in [0.15, 0.2) is 0 Å². The molecule has 0 aromatic carbocycles. The summed E-state index contributed by atoms with van der Waals surface area (Å²) in [4.78, 5) is 21.6. The number of carboxylic acids is 2. The van der Waals surface area contributed by atoms with E-state index in [-0.39, 0.29) is 24.7 Å². The summed E-state index contributed by atoms with van der Waals surface area (Å²) in [5.41, 5.74) is 0. The molecule has 4 atom stereocenters. The van der Waals surface area contributed by atoms with Gasteiger partial charge in [0, 0.05) is 12.8 Å². The molecule has 0 aromatic heterocycles. The molecule has 0 aromatic rings. The van der Waals surface area contributed by atoms with E-state index >= 15 is 0 Å². The third kappa shape index (κ3) is 3.22. The van der Waals surface area contributed by atoms with Crippen LogP contribution in [-0.4, -0.2) is 22.2 Å². The lowest BCUT2D eigenvalue weighted by molar-refractivity contribution is -0.144. The van der Waals surface area contributed by atoms with Gasteiger partial charge in [-0.05, 0) is 23.7 Å². The van der Waals surface area contributed by atoms with E-state index < -0.39 is 11.9 Å². The maximum atomic E-state index is 10.8. The molecule has 4 unspecified atom stereocenters. The molecule has 92 valence electrons. The molecule has 0 radical (unpaired) electrons. The molecule has 0 aliphatic heterocycles. The maximum absolute atomic E-state index is 10.8. The minimum atomic E-state index is -0.818. The molecule has 1 rings (SSSR count). The second kappa shape index (κ2) is 5.32. The Hall–Kier alpha value is -1.06. The van der Waals surface area contributed by atoms with Gasteiger partial charge in [0.1, 0.15) is 0 Å². The van der Waals surface area contributed by atoms with Crippen LogP contribution in [0.5, 0.6) is 0 Å². The van der Waals surface area contributed by atoms with E-state index in [2.05, 4.69) is 0 Å². The first-order valence-electron chi connectivity index (χ1n) is 5.85. The van der Waals surface area contributed by atoms with E-state index in [0.29, 0.717) is 11.8 Å². The molecule has 1 fully saturated rings. The SMILES string of the molecule is CC1CCC(C)C(CC(=O)O)C1CC(=O)O. The van der Waals surface area contributed by atoms with Gasteiger partial charge in [0.2, 0.25) is 0 Å². The molecule has 0 spiro atoms. The third-order valence-corrected chi connectivity index (χ3v) is 3.91. The van der Waals surface area contributed by atoms with Crippen LogP contribution in [0, 0.1) is 23.7 Å². The molecule has 16 heavy (non-hydrogen) atoms. The van der Waals surface area contributed by atoms with Crippen molar-refractivity contribution in [2.45, 2.75) is 39.5 Å². The van der Waals surface area contributed by atoms with Gasteiger partial charge in [-0.1, -0.05) is 26.7 Å². The predicted molar refractivity (Wildman–Crippen MR) is 59.0 cm³/mol. The second-order valence-corrected chi connectivity index (χ2v) is 5.06. The van der Waals surface area contributed by atoms with Crippen LogP contribution in [0.1, 0.15) is 39.5 Å². The van der Waals surface area contributed by atoms with Gasteiger partial charge >= 0.3 is 11.9 Å². The van der Waals surface area contributed by atoms with E-state index in [0.717, 1.165) is 12.8 Å². The van der Waals surface area contributed by atoms with Gasteiger partial charge in [0.25, 0.3) is 0 Å². The third-order valence-electron chi connectivity index (χ3n) is 3.91. The molecule has 0 saturated heterocycles. The lowest BCUT2D eigenvalue weighted by atomic mass is 9.65.